The Labute approximate surface area is 192 Å². The van der Waals surface area contributed by atoms with Crippen molar-refractivity contribution in [2.24, 2.45) is 0 Å². The molecule has 160 valence electrons. The summed E-state index contributed by atoms with van der Waals surface area (Å²) in [4.78, 5) is 29.8. The second kappa shape index (κ2) is 8.78. The molecule has 0 spiro atoms. The molecule has 0 saturated carbocycles. The Kier molecular flexibility index (Phi) is 5.72. The normalized spacial score (nSPS) is 10.3. The van der Waals surface area contributed by atoms with Gasteiger partial charge in [-0.2, -0.15) is 0 Å². The van der Waals surface area contributed by atoms with Gasteiger partial charge in [-0.25, -0.2) is 0 Å². The molecule has 2 aromatic heterocycles. The number of terminal acetylenes is 2. The highest BCUT2D eigenvalue weighted by atomic mass is 16.5. The van der Waals surface area contributed by atoms with Gasteiger partial charge in [0.15, 0.2) is 0 Å². The molecule has 5 nitrogen and oxygen atoms in total. The maximum Gasteiger partial charge on any atom is 0.213 e. The molecule has 0 bridgehead atoms. The third-order valence-corrected chi connectivity index (χ3v) is 5.44. The number of carbonyl (C=O) groups is 2. The number of aryl methyl sites for hydroxylation is 1. The highest BCUT2D eigenvalue weighted by Gasteiger charge is 2.23. The molecule has 0 fully saturated rings. The SMILES string of the molecule is C#Cc1ccc(C(=O)c2[nH]ccc2-n2cccc2C(=O)c2ccc(C#C)cc2OC)c(C)c1. The number of hydrogen-bond donors (Lipinski definition) is 1. The van der Waals surface area contributed by atoms with E-state index in [1.807, 2.05) is 6.92 Å². The van der Waals surface area contributed by atoms with Crippen molar-refractivity contribution < 1.29 is 14.3 Å². The van der Waals surface area contributed by atoms with E-state index in [0.29, 0.717) is 45.1 Å². The standard InChI is InChI=1S/C28H20N2O3/c1-5-19-9-11-21(18(3)16-19)28(32)26-23(13-14-29-26)30-15-7-8-24(30)27(31)22-12-10-20(6-2)17-25(22)33-4/h1-2,7-17,29H,3-4H3. The number of methoxy groups -OCH3 is 1. The number of benzene rings is 2. The van der Waals surface area contributed by atoms with Gasteiger partial charge in [0, 0.05) is 29.1 Å². The lowest BCUT2D eigenvalue weighted by atomic mass is 9.99. The van der Waals surface area contributed by atoms with Gasteiger partial charge in [0.2, 0.25) is 11.6 Å². The van der Waals surface area contributed by atoms with Gasteiger partial charge in [0.25, 0.3) is 0 Å². The highest BCUT2D eigenvalue weighted by Crippen LogP contribution is 2.27. The summed E-state index contributed by atoms with van der Waals surface area (Å²) in [5.74, 6) is 5.04. The number of nitrogens with zero attached hydrogens (tertiary/aromatic N) is 1. The van der Waals surface area contributed by atoms with Crippen molar-refractivity contribution in [3.63, 3.8) is 0 Å². The molecule has 1 N–H and O–H groups in total. The molecule has 5 heteroatoms. The predicted molar refractivity (Wildman–Crippen MR) is 127 cm³/mol. The number of carbonyl (C=O) groups excluding carboxylic acids is 2. The van der Waals surface area contributed by atoms with E-state index in [1.165, 1.54) is 7.11 Å². The fourth-order valence-corrected chi connectivity index (χ4v) is 3.77. The Morgan fingerprint density at radius 3 is 2.30 bits per heavy atom. The zero-order chi connectivity index (χ0) is 23.5. The molecule has 0 aliphatic heterocycles. The van der Waals surface area contributed by atoms with Gasteiger partial charge in [0.05, 0.1) is 24.1 Å². The molecule has 0 amide bonds. The van der Waals surface area contributed by atoms with Crippen molar-refractivity contribution in [2.45, 2.75) is 6.92 Å². The van der Waals surface area contributed by atoms with Crippen LogP contribution in [0.2, 0.25) is 0 Å². The number of aromatic amines is 1. The molecule has 0 aliphatic rings. The Morgan fingerprint density at radius 2 is 1.64 bits per heavy atom. The molecule has 0 unspecified atom stereocenters. The van der Waals surface area contributed by atoms with Gasteiger partial charge in [-0.1, -0.05) is 11.8 Å². The summed E-state index contributed by atoms with van der Waals surface area (Å²) in [6.07, 6.45) is 14.3. The first-order valence-electron chi connectivity index (χ1n) is 10.1. The van der Waals surface area contributed by atoms with Crippen LogP contribution in [0.3, 0.4) is 0 Å². The molecule has 0 radical (unpaired) electrons. The van der Waals surface area contributed by atoms with Crippen LogP contribution in [0.15, 0.2) is 67.0 Å². The average molecular weight is 432 g/mol. The lowest BCUT2D eigenvalue weighted by Gasteiger charge is -2.12. The Hall–Kier alpha value is -4.74. The molecular weight excluding hydrogens is 412 g/mol. The second-order valence-electron chi connectivity index (χ2n) is 7.39. The minimum absolute atomic E-state index is 0.195. The van der Waals surface area contributed by atoms with E-state index < -0.39 is 0 Å². The molecule has 0 aliphatic carbocycles. The fraction of sp³-hybridized carbons (Fsp3) is 0.0714. The maximum atomic E-state index is 13.4. The summed E-state index contributed by atoms with van der Waals surface area (Å²) >= 11 is 0. The van der Waals surface area contributed by atoms with Crippen LogP contribution in [0.4, 0.5) is 0 Å². The lowest BCUT2D eigenvalue weighted by molar-refractivity contribution is 0.102. The van der Waals surface area contributed by atoms with Gasteiger partial charge >= 0.3 is 0 Å². The second-order valence-corrected chi connectivity index (χ2v) is 7.39. The highest BCUT2D eigenvalue weighted by molar-refractivity contribution is 6.12. The molecule has 2 aromatic carbocycles. The van der Waals surface area contributed by atoms with E-state index in [4.69, 9.17) is 17.6 Å². The number of ether oxygens (including phenoxy) is 1. The van der Waals surface area contributed by atoms with Gasteiger partial charge in [-0.05, 0) is 67.1 Å². The summed E-state index contributed by atoms with van der Waals surface area (Å²) < 4.78 is 7.08. The quantitative estimate of drug-likeness (QED) is 0.359. The van der Waals surface area contributed by atoms with Crippen LogP contribution in [0.1, 0.15) is 48.8 Å². The zero-order valence-corrected chi connectivity index (χ0v) is 18.2. The van der Waals surface area contributed by atoms with Crippen LogP contribution in [-0.4, -0.2) is 28.2 Å². The lowest BCUT2D eigenvalue weighted by Crippen LogP contribution is -2.13. The van der Waals surface area contributed by atoms with E-state index in [9.17, 15) is 9.59 Å². The van der Waals surface area contributed by atoms with Gasteiger partial charge in [0.1, 0.15) is 11.4 Å². The minimum atomic E-state index is -0.255. The number of hydrogen-bond acceptors (Lipinski definition) is 3. The van der Waals surface area contributed by atoms with Gasteiger partial charge in [-0.3, -0.25) is 9.59 Å². The molecule has 33 heavy (non-hydrogen) atoms. The number of aromatic nitrogens is 2. The summed E-state index contributed by atoms with van der Waals surface area (Å²) in [7, 11) is 1.49. The maximum absolute atomic E-state index is 13.4. The first-order chi connectivity index (χ1) is 16.0. The zero-order valence-electron chi connectivity index (χ0n) is 18.2. The number of rotatable bonds is 6. The van der Waals surface area contributed by atoms with E-state index in [-0.39, 0.29) is 11.6 Å². The first kappa shape index (κ1) is 21.5. The van der Waals surface area contributed by atoms with Crippen molar-refractivity contribution in [1.82, 2.24) is 9.55 Å². The predicted octanol–water partition coefficient (Wildman–Crippen LogP) is 4.55. The molecule has 0 atom stereocenters. The van der Waals surface area contributed by atoms with Crippen LogP contribution < -0.4 is 4.74 Å². The van der Waals surface area contributed by atoms with Gasteiger partial charge in [-0.15, -0.1) is 12.8 Å². The van der Waals surface area contributed by atoms with E-state index in [2.05, 4.69) is 16.8 Å². The monoisotopic (exact) mass is 432 g/mol. The number of ketones is 2. The van der Waals surface area contributed by atoms with Crippen LogP contribution in [0.5, 0.6) is 5.75 Å². The summed E-state index contributed by atoms with van der Waals surface area (Å²) in [5, 5.41) is 0. The molecule has 4 aromatic rings. The third-order valence-electron chi connectivity index (χ3n) is 5.44. The largest absolute Gasteiger partial charge is 0.496 e. The molecule has 4 rings (SSSR count). The first-order valence-corrected chi connectivity index (χ1v) is 10.1. The smallest absolute Gasteiger partial charge is 0.213 e. The number of nitrogens with one attached hydrogen (secondary N) is 1. The number of H-pyrrole nitrogens is 1. The van der Waals surface area contributed by atoms with E-state index >= 15 is 0 Å². The van der Waals surface area contributed by atoms with Crippen LogP contribution in [0, 0.1) is 31.6 Å². The Morgan fingerprint density at radius 1 is 0.939 bits per heavy atom. The van der Waals surface area contributed by atoms with E-state index in [1.54, 1.807) is 71.6 Å². The van der Waals surface area contributed by atoms with Crippen molar-refractivity contribution in [1.29, 1.82) is 0 Å². The van der Waals surface area contributed by atoms with Crippen LogP contribution in [-0.2, 0) is 0 Å². The van der Waals surface area contributed by atoms with Crippen LogP contribution in [0.25, 0.3) is 5.69 Å². The van der Waals surface area contributed by atoms with Crippen molar-refractivity contribution in [2.75, 3.05) is 7.11 Å². The topological polar surface area (TPSA) is 64.1 Å². The van der Waals surface area contributed by atoms with Crippen molar-refractivity contribution >= 4 is 11.6 Å². The van der Waals surface area contributed by atoms with Crippen LogP contribution >= 0.6 is 0 Å². The summed E-state index contributed by atoms with van der Waals surface area (Å²) in [6.45, 7) is 1.84. The van der Waals surface area contributed by atoms with Crippen molar-refractivity contribution in [3.8, 4) is 36.1 Å². The average Bonchev–Trinajstić information content (AvgIpc) is 3.52. The molecule has 0 saturated heterocycles. The van der Waals surface area contributed by atoms with E-state index in [0.717, 1.165) is 5.56 Å². The van der Waals surface area contributed by atoms with Crippen molar-refractivity contribution in [3.05, 3.63) is 106 Å². The summed E-state index contributed by atoms with van der Waals surface area (Å²) in [6, 6.07) is 15.4. The Bertz CT molecular complexity index is 1470. The van der Waals surface area contributed by atoms with Gasteiger partial charge < -0.3 is 14.3 Å². The molecular formula is C28H20N2O3. The third kappa shape index (κ3) is 3.84. The molecule has 2 heterocycles. The fourth-order valence-electron chi connectivity index (χ4n) is 3.77. The summed E-state index contributed by atoms with van der Waals surface area (Å²) in [5.41, 5.74) is 4.32. The Balaban J connectivity index is 1.76. The minimum Gasteiger partial charge on any atom is -0.496 e.